The van der Waals surface area contributed by atoms with Crippen molar-refractivity contribution in [1.82, 2.24) is 34.9 Å². The maximum absolute atomic E-state index is 13.1. The van der Waals surface area contributed by atoms with E-state index < -0.39 is 0 Å². The highest BCUT2D eigenvalue weighted by Crippen LogP contribution is 2.35. The number of piperidine rings is 2. The van der Waals surface area contributed by atoms with Gasteiger partial charge in [-0.25, -0.2) is 14.6 Å². The molecule has 6 rings (SSSR count). The molecule has 218 valence electrons. The van der Waals surface area contributed by atoms with E-state index in [1.807, 2.05) is 70.3 Å². The topological polar surface area (TPSA) is 114 Å². The van der Waals surface area contributed by atoms with Crippen LogP contribution in [0.25, 0.3) is 22.3 Å². The number of carbonyl (C=O) groups excluding carboxylic acids is 1. The SMILES string of the molecule is CN1CCC(NC/C=C/C(=O)N2CCCC(n3nc(-c4ccc(Oc5ccccc5)cc4)c4c(N)ncnc43)C2)CC1. The second-order valence-corrected chi connectivity index (χ2v) is 11.2. The number of hydrogen-bond donors (Lipinski definition) is 2. The number of nitrogen functional groups attached to an aromatic ring is 1. The van der Waals surface area contributed by atoms with Crippen LogP contribution in [0.1, 0.15) is 31.7 Å². The number of anilines is 1. The molecule has 10 heteroatoms. The van der Waals surface area contributed by atoms with Crippen molar-refractivity contribution >= 4 is 22.8 Å². The van der Waals surface area contributed by atoms with Crippen LogP contribution in [0.2, 0.25) is 0 Å². The fourth-order valence-electron chi connectivity index (χ4n) is 5.82. The van der Waals surface area contributed by atoms with E-state index in [1.165, 1.54) is 6.33 Å². The molecule has 0 saturated carbocycles. The van der Waals surface area contributed by atoms with Crippen LogP contribution in [-0.4, -0.2) is 81.3 Å². The summed E-state index contributed by atoms with van der Waals surface area (Å²) in [6.07, 6.45) is 9.20. The van der Waals surface area contributed by atoms with Gasteiger partial charge in [-0.2, -0.15) is 5.10 Å². The number of para-hydroxylation sites is 1. The summed E-state index contributed by atoms with van der Waals surface area (Å²) in [6.45, 7) is 4.23. The molecule has 0 aliphatic carbocycles. The van der Waals surface area contributed by atoms with Gasteiger partial charge in [0.25, 0.3) is 0 Å². The molecule has 1 atom stereocenters. The van der Waals surface area contributed by atoms with Crippen molar-refractivity contribution in [3.05, 3.63) is 73.1 Å². The molecular weight excluding hydrogens is 528 g/mol. The predicted octanol–water partition coefficient (Wildman–Crippen LogP) is 4.27. The number of amides is 1. The summed E-state index contributed by atoms with van der Waals surface area (Å²) in [4.78, 5) is 26.2. The van der Waals surface area contributed by atoms with E-state index in [2.05, 4.69) is 27.2 Å². The minimum absolute atomic E-state index is 0.0142. The van der Waals surface area contributed by atoms with E-state index in [0.29, 0.717) is 30.6 Å². The number of ether oxygens (including phenoxy) is 1. The average Bonchev–Trinajstić information content (AvgIpc) is 3.42. The van der Waals surface area contributed by atoms with Gasteiger partial charge in [-0.3, -0.25) is 4.79 Å². The molecule has 2 aliphatic heterocycles. The van der Waals surface area contributed by atoms with Gasteiger partial charge in [-0.15, -0.1) is 0 Å². The summed E-state index contributed by atoms with van der Waals surface area (Å²) in [5, 5.41) is 9.29. The Balaban J connectivity index is 1.16. The molecule has 2 saturated heterocycles. The van der Waals surface area contributed by atoms with Crippen LogP contribution in [-0.2, 0) is 4.79 Å². The highest BCUT2D eigenvalue weighted by atomic mass is 16.5. The predicted molar refractivity (Wildman–Crippen MR) is 164 cm³/mol. The number of nitrogens with zero attached hydrogens (tertiary/aromatic N) is 6. The van der Waals surface area contributed by atoms with E-state index in [4.69, 9.17) is 15.6 Å². The summed E-state index contributed by atoms with van der Waals surface area (Å²) in [6, 6.07) is 18.0. The lowest BCUT2D eigenvalue weighted by atomic mass is 10.1. The first-order chi connectivity index (χ1) is 20.5. The van der Waals surface area contributed by atoms with Gasteiger partial charge in [0.2, 0.25) is 5.91 Å². The van der Waals surface area contributed by atoms with E-state index in [1.54, 1.807) is 6.08 Å². The smallest absolute Gasteiger partial charge is 0.246 e. The van der Waals surface area contributed by atoms with Crippen molar-refractivity contribution in [3.8, 4) is 22.8 Å². The number of nitrogens with two attached hydrogens (primary N) is 1. The Morgan fingerprint density at radius 1 is 1.02 bits per heavy atom. The highest BCUT2D eigenvalue weighted by molar-refractivity contribution is 5.98. The molecule has 2 aromatic carbocycles. The van der Waals surface area contributed by atoms with Gasteiger partial charge in [0.05, 0.1) is 11.4 Å². The van der Waals surface area contributed by atoms with Crippen molar-refractivity contribution in [2.45, 2.75) is 37.8 Å². The Labute approximate surface area is 246 Å². The number of benzene rings is 2. The number of likely N-dealkylation sites (tertiary alicyclic amines) is 2. The first-order valence-electron chi connectivity index (χ1n) is 14.7. The Bertz CT molecular complexity index is 1530. The minimum atomic E-state index is -0.0142. The molecule has 2 aliphatic rings. The normalized spacial score (nSPS) is 18.6. The number of nitrogens with one attached hydrogen (secondary N) is 1. The van der Waals surface area contributed by atoms with Crippen LogP contribution >= 0.6 is 0 Å². The monoisotopic (exact) mass is 566 g/mol. The maximum Gasteiger partial charge on any atom is 0.246 e. The first kappa shape index (κ1) is 27.9. The van der Waals surface area contributed by atoms with E-state index in [9.17, 15) is 4.79 Å². The Kier molecular flexibility index (Phi) is 8.43. The standard InChI is InChI=1S/C32H38N8O2/c1-38-19-15-24(16-20-38)34-17-5-10-28(41)39-18-6-7-25(21-39)40-32-29(31(33)35-22-36-32)30(37-40)23-11-13-27(14-12-23)42-26-8-3-2-4-9-26/h2-5,8-14,22,24-25,34H,6-7,15-21H2,1H3,(H2,33,35,36)/b10-5+. The molecule has 1 amide bonds. The molecule has 10 nitrogen and oxygen atoms in total. The molecule has 1 unspecified atom stereocenters. The lowest BCUT2D eigenvalue weighted by Gasteiger charge is -2.32. The Morgan fingerprint density at radius 3 is 2.57 bits per heavy atom. The highest BCUT2D eigenvalue weighted by Gasteiger charge is 2.28. The first-order valence-corrected chi connectivity index (χ1v) is 14.7. The van der Waals surface area contributed by atoms with Gasteiger partial charge in [0.1, 0.15) is 29.3 Å². The second kappa shape index (κ2) is 12.7. The second-order valence-electron chi connectivity index (χ2n) is 11.2. The quantitative estimate of drug-likeness (QED) is 0.304. The summed E-state index contributed by atoms with van der Waals surface area (Å²) in [7, 11) is 2.16. The minimum Gasteiger partial charge on any atom is -0.457 e. The van der Waals surface area contributed by atoms with Crippen LogP contribution in [0.15, 0.2) is 73.1 Å². The summed E-state index contributed by atoms with van der Waals surface area (Å²) in [5.74, 6) is 1.92. The molecule has 3 N–H and O–H groups in total. The van der Waals surface area contributed by atoms with Gasteiger partial charge in [-0.05, 0) is 82.2 Å². The third-order valence-electron chi connectivity index (χ3n) is 8.18. The Hall–Kier alpha value is -4.28. The Morgan fingerprint density at radius 2 is 1.79 bits per heavy atom. The van der Waals surface area contributed by atoms with Crippen molar-refractivity contribution in [1.29, 1.82) is 0 Å². The van der Waals surface area contributed by atoms with Crippen LogP contribution in [0.3, 0.4) is 0 Å². The van der Waals surface area contributed by atoms with E-state index in [0.717, 1.165) is 73.5 Å². The molecule has 0 spiro atoms. The van der Waals surface area contributed by atoms with Gasteiger partial charge in [-0.1, -0.05) is 24.3 Å². The van der Waals surface area contributed by atoms with Crippen LogP contribution in [0.5, 0.6) is 11.5 Å². The van der Waals surface area contributed by atoms with Gasteiger partial charge in [0, 0.05) is 37.3 Å². The summed E-state index contributed by atoms with van der Waals surface area (Å²) in [5.41, 5.74) is 8.66. The van der Waals surface area contributed by atoms with Crippen LogP contribution in [0, 0.1) is 0 Å². The zero-order valence-electron chi connectivity index (χ0n) is 24.0. The molecule has 2 aromatic heterocycles. The van der Waals surface area contributed by atoms with Gasteiger partial charge < -0.3 is 25.6 Å². The summed E-state index contributed by atoms with van der Waals surface area (Å²) >= 11 is 0. The zero-order valence-corrected chi connectivity index (χ0v) is 24.0. The van der Waals surface area contributed by atoms with Gasteiger partial charge >= 0.3 is 0 Å². The molecule has 0 bridgehead atoms. The average molecular weight is 567 g/mol. The molecule has 2 fully saturated rings. The van der Waals surface area contributed by atoms with Crippen molar-refractivity contribution in [3.63, 3.8) is 0 Å². The maximum atomic E-state index is 13.1. The van der Waals surface area contributed by atoms with Crippen LogP contribution in [0.4, 0.5) is 5.82 Å². The molecule has 42 heavy (non-hydrogen) atoms. The van der Waals surface area contributed by atoms with E-state index in [-0.39, 0.29) is 11.9 Å². The third-order valence-corrected chi connectivity index (χ3v) is 8.18. The third kappa shape index (κ3) is 6.29. The van der Waals surface area contributed by atoms with Crippen molar-refractivity contribution < 1.29 is 9.53 Å². The largest absolute Gasteiger partial charge is 0.457 e. The number of hydrogen-bond acceptors (Lipinski definition) is 8. The van der Waals surface area contributed by atoms with E-state index >= 15 is 0 Å². The molecule has 4 aromatic rings. The number of aromatic nitrogens is 4. The molecule has 4 heterocycles. The van der Waals surface area contributed by atoms with Crippen molar-refractivity contribution in [2.75, 3.05) is 45.5 Å². The van der Waals surface area contributed by atoms with Crippen molar-refractivity contribution in [2.24, 2.45) is 0 Å². The fourth-order valence-corrected chi connectivity index (χ4v) is 5.82. The number of carbonyl (C=O) groups is 1. The lowest BCUT2D eigenvalue weighted by molar-refractivity contribution is -0.127. The van der Waals surface area contributed by atoms with Gasteiger partial charge in [0.15, 0.2) is 5.65 Å². The number of fused-ring (bicyclic) bond motifs is 1. The fraction of sp³-hybridized carbons (Fsp3) is 0.375. The summed E-state index contributed by atoms with van der Waals surface area (Å²) < 4.78 is 7.89. The molecule has 0 radical (unpaired) electrons. The van der Waals surface area contributed by atoms with Crippen LogP contribution < -0.4 is 15.8 Å². The zero-order chi connectivity index (χ0) is 28.9. The molecular formula is C32H38N8O2. The lowest BCUT2D eigenvalue weighted by Crippen LogP contribution is -2.41. The number of rotatable bonds is 8.